The standard InChI is InChI=1S/C23H31FN6/c1-16-21(29-22(25-2)27-17-10-4-3-5-11-17)30(18-12-6-7-13-18)23(26-16)28-20-15-9-8-14-19(20)24/h8-9,14-15,17-18H,2-7,10-13H2,1H3,(H,26,28)(H,27,29). The molecule has 2 aliphatic rings. The molecule has 6 nitrogen and oxygen atoms in total. The molecular weight excluding hydrogens is 379 g/mol. The molecule has 0 amide bonds. The maximum Gasteiger partial charge on any atom is 0.223 e. The lowest BCUT2D eigenvalue weighted by Crippen LogP contribution is -2.20. The topological polar surface area (TPSA) is 66.6 Å². The van der Waals surface area contributed by atoms with Crippen molar-refractivity contribution in [3.05, 3.63) is 35.8 Å². The summed E-state index contributed by atoms with van der Waals surface area (Å²) < 4.78 is 16.4. The van der Waals surface area contributed by atoms with Gasteiger partial charge in [-0.15, -0.1) is 0 Å². The largest absolute Gasteiger partial charge is 0.323 e. The van der Waals surface area contributed by atoms with Gasteiger partial charge >= 0.3 is 0 Å². The van der Waals surface area contributed by atoms with Crippen molar-refractivity contribution in [1.29, 1.82) is 0 Å². The van der Waals surface area contributed by atoms with E-state index < -0.39 is 0 Å². The second kappa shape index (κ2) is 9.41. The highest BCUT2D eigenvalue weighted by molar-refractivity contribution is 5.96. The predicted molar refractivity (Wildman–Crippen MR) is 122 cm³/mol. The maximum absolute atomic E-state index is 14.3. The number of nitrogens with zero attached hydrogens (tertiary/aromatic N) is 4. The molecule has 1 aromatic carbocycles. The third-order valence-corrected chi connectivity index (χ3v) is 6.16. The lowest BCUT2D eigenvalue weighted by molar-refractivity contribution is 0.443. The van der Waals surface area contributed by atoms with E-state index in [1.165, 1.54) is 38.2 Å². The average Bonchev–Trinajstić information content (AvgIpc) is 3.38. The van der Waals surface area contributed by atoms with Gasteiger partial charge in [-0.25, -0.2) is 19.4 Å². The Bertz CT molecular complexity index is 906. The Labute approximate surface area is 177 Å². The van der Waals surface area contributed by atoms with Gasteiger partial charge in [0.05, 0.1) is 17.4 Å². The third kappa shape index (κ3) is 4.55. The van der Waals surface area contributed by atoms with Gasteiger partial charge in [0.2, 0.25) is 11.9 Å². The van der Waals surface area contributed by atoms with Gasteiger partial charge < -0.3 is 10.6 Å². The first-order chi connectivity index (χ1) is 14.7. The number of anilines is 3. The monoisotopic (exact) mass is 410 g/mol. The maximum atomic E-state index is 14.3. The van der Waals surface area contributed by atoms with Crippen molar-refractivity contribution in [2.45, 2.75) is 76.8 Å². The number of halogens is 1. The SMILES string of the molecule is C=NC(=NC1CCCCC1)Nc1c(C)nc(Nc2ccccc2F)n1C1CCCC1. The van der Waals surface area contributed by atoms with Crippen molar-refractivity contribution in [2.75, 3.05) is 10.6 Å². The molecular formula is C23H31FN6. The van der Waals surface area contributed by atoms with Crippen LogP contribution in [0.5, 0.6) is 0 Å². The molecule has 0 atom stereocenters. The second-order valence-corrected chi connectivity index (χ2v) is 8.31. The van der Waals surface area contributed by atoms with Crippen LogP contribution in [0.25, 0.3) is 0 Å². The van der Waals surface area contributed by atoms with Crippen molar-refractivity contribution < 1.29 is 4.39 Å². The number of imidazole rings is 1. The normalized spacial score (nSPS) is 18.5. The summed E-state index contributed by atoms with van der Waals surface area (Å²) in [5.41, 5.74) is 1.26. The molecule has 4 rings (SSSR count). The lowest BCUT2D eigenvalue weighted by atomic mass is 9.96. The molecule has 0 spiro atoms. The number of aliphatic imine (C=N–C) groups is 2. The van der Waals surface area contributed by atoms with Gasteiger partial charge in [0.15, 0.2) is 0 Å². The number of aryl methyl sites for hydroxylation is 1. The summed E-state index contributed by atoms with van der Waals surface area (Å²) in [7, 11) is 0. The smallest absolute Gasteiger partial charge is 0.223 e. The van der Waals surface area contributed by atoms with E-state index in [0.717, 1.165) is 37.2 Å². The minimum Gasteiger partial charge on any atom is -0.323 e. The zero-order valence-electron chi connectivity index (χ0n) is 17.7. The summed E-state index contributed by atoms with van der Waals surface area (Å²) in [6, 6.07) is 7.29. The average molecular weight is 411 g/mol. The molecule has 0 bridgehead atoms. The van der Waals surface area contributed by atoms with Gasteiger partial charge in [0.1, 0.15) is 11.6 Å². The van der Waals surface area contributed by atoms with E-state index in [-0.39, 0.29) is 5.82 Å². The molecule has 160 valence electrons. The fraction of sp³-hybridized carbons (Fsp3) is 0.522. The van der Waals surface area contributed by atoms with Crippen LogP contribution in [0.1, 0.15) is 69.5 Å². The van der Waals surface area contributed by atoms with Crippen LogP contribution >= 0.6 is 0 Å². The summed E-state index contributed by atoms with van der Waals surface area (Å²) in [4.78, 5) is 13.7. The summed E-state index contributed by atoms with van der Waals surface area (Å²) in [5.74, 6) is 1.76. The first-order valence-electron chi connectivity index (χ1n) is 11.1. The Kier molecular flexibility index (Phi) is 6.45. The lowest BCUT2D eigenvalue weighted by Gasteiger charge is -2.21. The molecule has 7 heteroatoms. The Morgan fingerprint density at radius 3 is 2.50 bits per heavy atom. The van der Waals surface area contributed by atoms with Crippen molar-refractivity contribution in [1.82, 2.24) is 9.55 Å². The number of guanidine groups is 1. The molecule has 0 saturated heterocycles. The van der Waals surface area contributed by atoms with E-state index >= 15 is 0 Å². The van der Waals surface area contributed by atoms with E-state index in [9.17, 15) is 4.39 Å². The number of rotatable bonds is 5. The number of nitrogens with one attached hydrogen (secondary N) is 2. The van der Waals surface area contributed by atoms with E-state index in [1.54, 1.807) is 12.1 Å². The van der Waals surface area contributed by atoms with Crippen molar-refractivity contribution in [3.63, 3.8) is 0 Å². The van der Waals surface area contributed by atoms with Gasteiger partial charge in [-0.2, -0.15) is 0 Å². The van der Waals surface area contributed by atoms with Crippen LogP contribution in [0, 0.1) is 12.7 Å². The molecule has 2 fully saturated rings. The molecule has 2 saturated carbocycles. The van der Waals surface area contributed by atoms with Gasteiger partial charge in [-0.05, 0) is 51.5 Å². The van der Waals surface area contributed by atoms with Crippen molar-refractivity contribution in [2.24, 2.45) is 9.98 Å². The number of hydrogen-bond donors (Lipinski definition) is 2. The van der Waals surface area contributed by atoms with Crippen LogP contribution < -0.4 is 10.6 Å². The van der Waals surface area contributed by atoms with Crippen LogP contribution in [0.2, 0.25) is 0 Å². The predicted octanol–water partition coefficient (Wildman–Crippen LogP) is 5.99. The van der Waals surface area contributed by atoms with Gasteiger partial charge in [0, 0.05) is 6.04 Å². The van der Waals surface area contributed by atoms with Crippen LogP contribution in [-0.2, 0) is 0 Å². The van der Waals surface area contributed by atoms with Crippen molar-refractivity contribution >= 4 is 30.1 Å². The minimum absolute atomic E-state index is 0.294. The quantitative estimate of drug-likeness (QED) is 0.470. The summed E-state index contributed by atoms with van der Waals surface area (Å²) in [5, 5.41) is 6.60. The molecule has 1 heterocycles. The summed E-state index contributed by atoms with van der Waals surface area (Å²) >= 11 is 0. The summed E-state index contributed by atoms with van der Waals surface area (Å²) in [6.45, 7) is 5.69. The first-order valence-corrected chi connectivity index (χ1v) is 11.1. The Balaban J connectivity index is 1.66. The Morgan fingerprint density at radius 2 is 1.80 bits per heavy atom. The number of aromatic nitrogens is 2. The van der Waals surface area contributed by atoms with E-state index in [1.807, 2.05) is 13.0 Å². The molecule has 2 aliphatic carbocycles. The Morgan fingerprint density at radius 1 is 1.10 bits per heavy atom. The fourth-order valence-electron chi connectivity index (χ4n) is 4.59. The highest BCUT2D eigenvalue weighted by Crippen LogP contribution is 2.37. The second-order valence-electron chi connectivity index (χ2n) is 8.31. The summed E-state index contributed by atoms with van der Waals surface area (Å²) in [6.07, 6.45) is 10.4. The van der Waals surface area contributed by atoms with Gasteiger partial charge in [-0.3, -0.25) is 4.57 Å². The van der Waals surface area contributed by atoms with Crippen LogP contribution in [0.3, 0.4) is 0 Å². The van der Waals surface area contributed by atoms with Crippen LogP contribution in [0.15, 0.2) is 34.3 Å². The van der Waals surface area contributed by atoms with Gasteiger partial charge in [-0.1, -0.05) is 44.2 Å². The molecule has 0 radical (unpaired) electrons. The Hall–Kier alpha value is -2.70. The minimum atomic E-state index is -0.294. The number of para-hydroxylation sites is 1. The zero-order chi connectivity index (χ0) is 20.9. The van der Waals surface area contributed by atoms with Crippen LogP contribution in [-0.4, -0.2) is 28.3 Å². The van der Waals surface area contributed by atoms with Crippen LogP contribution in [0.4, 0.5) is 21.8 Å². The molecule has 1 aromatic heterocycles. The third-order valence-electron chi connectivity index (χ3n) is 6.16. The number of benzene rings is 1. The zero-order valence-corrected chi connectivity index (χ0v) is 17.7. The fourth-order valence-corrected chi connectivity index (χ4v) is 4.59. The van der Waals surface area contributed by atoms with Crippen molar-refractivity contribution in [3.8, 4) is 0 Å². The molecule has 2 N–H and O–H groups in total. The van der Waals surface area contributed by atoms with E-state index in [0.29, 0.717) is 29.7 Å². The van der Waals surface area contributed by atoms with E-state index in [2.05, 4.69) is 26.9 Å². The molecule has 0 unspecified atom stereocenters. The highest BCUT2D eigenvalue weighted by atomic mass is 19.1. The molecule has 30 heavy (non-hydrogen) atoms. The molecule has 0 aliphatic heterocycles. The number of hydrogen-bond acceptors (Lipinski definition) is 3. The molecule has 2 aromatic rings. The first kappa shape index (κ1) is 20.6. The highest BCUT2D eigenvalue weighted by Gasteiger charge is 2.26. The van der Waals surface area contributed by atoms with E-state index in [4.69, 9.17) is 9.98 Å². The van der Waals surface area contributed by atoms with Gasteiger partial charge in [0.25, 0.3) is 0 Å².